The second kappa shape index (κ2) is 4.76. The summed E-state index contributed by atoms with van der Waals surface area (Å²) in [5.41, 5.74) is 1.08. The van der Waals surface area contributed by atoms with Crippen molar-refractivity contribution >= 4 is 5.69 Å². The third-order valence-electron chi connectivity index (χ3n) is 2.45. The highest BCUT2D eigenvalue weighted by Gasteiger charge is 2.11. The van der Waals surface area contributed by atoms with Gasteiger partial charge in [-0.05, 0) is 17.7 Å². The smallest absolute Gasteiger partial charge is 0.183 e. The third kappa shape index (κ3) is 2.49. The summed E-state index contributed by atoms with van der Waals surface area (Å²) in [5.74, 6) is -0.583. The Balaban J connectivity index is 2.20. The lowest BCUT2D eigenvalue weighted by Crippen LogP contribution is -2.17. The number of para-hydroxylation sites is 1. The molecule has 3 N–H and O–H groups in total. The molecule has 2 aromatic rings. The van der Waals surface area contributed by atoms with Crippen molar-refractivity contribution in [3.05, 3.63) is 54.1 Å². The highest BCUT2D eigenvalue weighted by atomic mass is 16.5. The Hall–Kier alpha value is -2.20. The van der Waals surface area contributed by atoms with E-state index in [0.29, 0.717) is 0 Å². The lowest BCUT2D eigenvalue weighted by atomic mass is 10.2. The minimum absolute atomic E-state index is 0.175. The van der Waals surface area contributed by atoms with Gasteiger partial charge in [0.1, 0.15) is 5.69 Å². The molecule has 0 aromatic heterocycles. The van der Waals surface area contributed by atoms with Crippen LogP contribution >= 0.6 is 0 Å². The monoisotopic (exact) mass is 231 g/mol. The largest absolute Gasteiger partial charge is 0.504 e. The highest BCUT2D eigenvalue weighted by molar-refractivity contribution is 5.62. The van der Waals surface area contributed by atoms with E-state index < -0.39 is 0 Å². The van der Waals surface area contributed by atoms with Crippen LogP contribution < -0.4 is 5.06 Å². The van der Waals surface area contributed by atoms with E-state index in [2.05, 4.69) is 0 Å². The quantitative estimate of drug-likeness (QED) is 0.561. The molecule has 0 aliphatic heterocycles. The molecule has 0 bridgehead atoms. The van der Waals surface area contributed by atoms with Crippen molar-refractivity contribution in [2.75, 3.05) is 5.06 Å². The van der Waals surface area contributed by atoms with Crippen molar-refractivity contribution in [1.29, 1.82) is 0 Å². The first kappa shape index (κ1) is 11.3. The lowest BCUT2D eigenvalue weighted by molar-refractivity contribution is 0.245. The predicted molar refractivity (Wildman–Crippen MR) is 64.2 cm³/mol. The Kier molecular flexibility index (Phi) is 3.16. The average Bonchev–Trinajstić information content (AvgIpc) is 2.34. The molecule has 0 fully saturated rings. The molecule has 0 spiro atoms. The Morgan fingerprint density at radius 1 is 0.882 bits per heavy atom. The molecule has 0 unspecified atom stereocenters. The first-order valence-corrected chi connectivity index (χ1v) is 5.20. The van der Waals surface area contributed by atoms with Crippen molar-refractivity contribution in [3.8, 4) is 11.5 Å². The van der Waals surface area contributed by atoms with Crippen LogP contribution in [0.5, 0.6) is 11.5 Å². The molecule has 2 aromatic carbocycles. The number of rotatable bonds is 3. The summed E-state index contributed by atoms with van der Waals surface area (Å²) in [4.78, 5) is 0. The summed E-state index contributed by atoms with van der Waals surface area (Å²) in [6, 6.07) is 13.8. The van der Waals surface area contributed by atoms with Crippen LogP contribution in [-0.4, -0.2) is 15.4 Å². The van der Waals surface area contributed by atoms with E-state index >= 15 is 0 Å². The summed E-state index contributed by atoms with van der Waals surface area (Å²) in [5, 5.41) is 29.7. The number of hydrogen-bond donors (Lipinski definition) is 3. The van der Waals surface area contributed by atoms with Crippen LogP contribution in [-0.2, 0) is 6.54 Å². The molecule has 0 heterocycles. The van der Waals surface area contributed by atoms with Gasteiger partial charge in [0.15, 0.2) is 11.5 Å². The Morgan fingerprint density at radius 3 is 2.29 bits per heavy atom. The number of anilines is 1. The van der Waals surface area contributed by atoms with Gasteiger partial charge in [-0.25, -0.2) is 5.06 Å². The van der Waals surface area contributed by atoms with Crippen LogP contribution in [0.3, 0.4) is 0 Å². The maximum atomic E-state index is 9.84. The molecule has 0 atom stereocenters. The van der Waals surface area contributed by atoms with Gasteiger partial charge >= 0.3 is 0 Å². The van der Waals surface area contributed by atoms with Crippen LogP contribution in [0.25, 0.3) is 0 Å². The first-order chi connectivity index (χ1) is 8.18. The van der Waals surface area contributed by atoms with Crippen LogP contribution in [0.1, 0.15) is 5.56 Å². The Labute approximate surface area is 99.0 Å². The SMILES string of the molecule is Oc1cccc(N(O)Cc2ccccc2)c1O. The minimum atomic E-state index is -0.328. The summed E-state index contributed by atoms with van der Waals surface area (Å²) in [6.07, 6.45) is 0. The number of aromatic hydroxyl groups is 2. The van der Waals surface area contributed by atoms with E-state index in [1.807, 2.05) is 30.3 Å². The number of phenols is 2. The molecule has 4 nitrogen and oxygen atoms in total. The second-order valence-electron chi connectivity index (χ2n) is 3.69. The molecule has 0 aliphatic carbocycles. The number of phenolic OH excluding ortho intramolecular Hbond substituents is 2. The van der Waals surface area contributed by atoms with Gasteiger partial charge in [0, 0.05) is 0 Å². The zero-order valence-electron chi connectivity index (χ0n) is 9.11. The van der Waals surface area contributed by atoms with E-state index in [-0.39, 0.29) is 23.7 Å². The molecule has 2 rings (SSSR count). The van der Waals surface area contributed by atoms with E-state index in [1.165, 1.54) is 12.1 Å². The molecular weight excluding hydrogens is 218 g/mol. The number of nitrogens with zero attached hydrogens (tertiary/aromatic N) is 1. The molecule has 17 heavy (non-hydrogen) atoms. The molecule has 0 aliphatic rings. The van der Waals surface area contributed by atoms with Gasteiger partial charge in [-0.1, -0.05) is 36.4 Å². The number of hydroxylamine groups is 1. The van der Waals surface area contributed by atoms with Gasteiger partial charge in [-0.15, -0.1) is 0 Å². The summed E-state index contributed by atoms with van der Waals surface area (Å²) < 4.78 is 0. The first-order valence-electron chi connectivity index (χ1n) is 5.20. The van der Waals surface area contributed by atoms with E-state index in [1.54, 1.807) is 6.07 Å². The van der Waals surface area contributed by atoms with Crippen molar-refractivity contribution in [1.82, 2.24) is 0 Å². The highest BCUT2D eigenvalue weighted by Crippen LogP contribution is 2.35. The molecule has 88 valence electrons. The zero-order valence-corrected chi connectivity index (χ0v) is 9.11. The van der Waals surface area contributed by atoms with Gasteiger partial charge in [-0.2, -0.15) is 0 Å². The average molecular weight is 231 g/mol. The van der Waals surface area contributed by atoms with Crippen molar-refractivity contribution in [3.63, 3.8) is 0 Å². The second-order valence-corrected chi connectivity index (χ2v) is 3.69. The maximum Gasteiger partial charge on any atom is 0.183 e. The van der Waals surface area contributed by atoms with Crippen molar-refractivity contribution in [2.45, 2.75) is 6.54 Å². The summed E-state index contributed by atoms with van der Waals surface area (Å²) in [6.45, 7) is 0.234. The van der Waals surface area contributed by atoms with Crippen LogP contribution in [0.4, 0.5) is 5.69 Å². The third-order valence-corrected chi connectivity index (χ3v) is 2.45. The molecule has 0 saturated carbocycles. The lowest BCUT2D eigenvalue weighted by Gasteiger charge is -2.18. The minimum Gasteiger partial charge on any atom is -0.504 e. The molecular formula is C13H13NO3. The van der Waals surface area contributed by atoms with Gasteiger partial charge in [0.25, 0.3) is 0 Å². The topological polar surface area (TPSA) is 63.9 Å². The van der Waals surface area contributed by atoms with Crippen molar-refractivity contribution < 1.29 is 15.4 Å². The van der Waals surface area contributed by atoms with Gasteiger partial charge < -0.3 is 10.2 Å². The standard InChI is InChI=1S/C13H13NO3/c15-12-8-4-7-11(13(12)16)14(17)9-10-5-2-1-3-6-10/h1-8,15-17H,9H2. The zero-order chi connectivity index (χ0) is 12.3. The molecule has 0 radical (unpaired) electrons. The number of benzene rings is 2. The maximum absolute atomic E-state index is 9.84. The van der Waals surface area contributed by atoms with Crippen LogP contribution in [0.2, 0.25) is 0 Å². The Bertz CT molecular complexity index is 499. The predicted octanol–water partition coefficient (Wildman–Crippen LogP) is 2.49. The van der Waals surface area contributed by atoms with E-state index in [9.17, 15) is 15.4 Å². The normalized spacial score (nSPS) is 10.2. The fraction of sp³-hybridized carbons (Fsp3) is 0.0769. The van der Waals surface area contributed by atoms with E-state index in [0.717, 1.165) is 10.6 Å². The van der Waals surface area contributed by atoms with E-state index in [4.69, 9.17) is 0 Å². The fourth-order valence-electron chi connectivity index (χ4n) is 1.57. The Morgan fingerprint density at radius 2 is 1.59 bits per heavy atom. The fourth-order valence-corrected chi connectivity index (χ4v) is 1.57. The van der Waals surface area contributed by atoms with Gasteiger partial charge in [-0.3, -0.25) is 5.21 Å². The van der Waals surface area contributed by atoms with Crippen molar-refractivity contribution in [2.24, 2.45) is 0 Å². The van der Waals surface area contributed by atoms with Gasteiger partial charge in [0.05, 0.1) is 6.54 Å². The molecule has 0 saturated heterocycles. The molecule has 0 amide bonds. The number of hydrogen-bond acceptors (Lipinski definition) is 4. The van der Waals surface area contributed by atoms with Crippen LogP contribution in [0, 0.1) is 0 Å². The summed E-state index contributed by atoms with van der Waals surface area (Å²) in [7, 11) is 0. The van der Waals surface area contributed by atoms with Gasteiger partial charge in [0.2, 0.25) is 0 Å². The molecule has 4 heteroatoms. The summed E-state index contributed by atoms with van der Waals surface area (Å²) >= 11 is 0. The van der Waals surface area contributed by atoms with Crippen LogP contribution in [0.15, 0.2) is 48.5 Å².